The molecule has 2 aliphatic heterocycles. The maximum Gasteiger partial charge on any atom is 0.335 e. The molecule has 0 saturated carbocycles. The molecule has 0 aromatic heterocycles. The second kappa shape index (κ2) is 28.2. The molecule has 0 unspecified atom stereocenters. The molecule has 416 valence electrons. The Labute approximate surface area is 457 Å². The molecule has 0 radical (unpaired) electrons. The van der Waals surface area contributed by atoms with E-state index in [1.807, 2.05) is 96.9 Å². The minimum Gasteiger partial charge on any atom is -0.508 e. The van der Waals surface area contributed by atoms with Crippen LogP contribution in [0, 0.1) is 10.8 Å². The summed E-state index contributed by atoms with van der Waals surface area (Å²) < 4.78 is 29.4. The van der Waals surface area contributed by atoms with E-state index in [2.05, 4.69) is 15.9 Å². The lowest BCUT2D eigenvalue weighted by Gasteiger charge is -2.30. The quantitative estimate of drug-likeness (QED) is 0.0890. The van der Waals surface area contributed by atoms with Crippen molar-refractivity contribution < 1.29 is 67.8 Å². The number of Topliss-reactive ketones (excluding diaryl/α,β-unsaturated/α-hetero) is 2. The zero-order valence-electron chi connectivity index (χ0n) is 46.7. The molecule has 3 N–H and O–H groups in total. The summed E-state index contributed by atoms with van der Waals surface area (Å²) in [7, 11) is 0. The molecule has 2 saturated heterocycles. The average Bonchev–Trinajstić information content (AvgIpc) is 3.26. The van der Waals surface area contributed by atoms with Crippen LogP contribution in [-0.4, -0.2) is 123 Å². The van der Waals surface area contributed by atoms with Crippen molar-refractivity contribution in [3.63, 3.8) is 0 Å². The Morgan fingerprint density at radius 2 is 0.882 bits per heavy atom. The van der Waals surface area contributed by atoms with Gasteiger partial charge in [-0.15, -0.1) is 0 Å². The van der Waals surface area contributed by atoms with Crippen LogP contribution < -0.4 is 14.2 Å². The summed E-state index contributed by atoms with van der Waals surface area (Å²) in [6.45, 7) is 30.7. The van der Waals surface area contributed by atoms with Gasteiger partial charge in [-0.1, -0.05) is 57.5 Å². The maximum atomic E-state index is 12.3. The number of carboxylic acids is 2. The normalized spacial score (nSPS) is 14.0. The molecule has 0 aliphatic carbocycles. The summed E-state index contributed by atoms with van der Waals surface area (Å²) in [6, 6.07) is 22.5. The Morgan fingerprint density at radius 3 is 1.24 bits per heavy atom. The molecule has 0 spiro atoms. The van der Waals surface area contributed by atoms with Crippen LogP contribution in [-0.2, 0) is 19.1 Å². The van der Waals surface area contributed by atoms with Gasteiger partial charge in [-0.25, -0.2) is 9.59 Å². The van der Waals surface area contributed by atoms with Crippen LogP contribution in [0.15, 0.2) is 89.4 Å². The van der Waals surface area contributed by atoms with Crippen LogP contribution in [0.2, 0.25) is 0 Å². The molecule has 2 heterocycles. The van der Waals surface area contributed by atoms with Crippen molar-refractivity contribution in [2.24, 2.45) is 10.8 Å². The molecule has 2 amide bonds. The van der Waals surface area contributed by atoms with Crippen molar-refractivity contribution in [3.05, 3.63) is 112 Å². The van der Waals surface area contributed by atoms with Crippen LogP contribution in [0.4, 0.5) is 0 Å². The molecule has 76 heavy (non-hydrogen) atoms. The number of aromatic hydroxyl groups is 1. The highest BCUT2D eigenvalue weighted by molar-refractivity contribution is 9.10. The van der Waals surface area contributed by atoms with Crippen LogP contribution in [0.25, 0.3) is 0 Å². The van der Waals surface area contributed by atoms with E-state index in [0.717, 1.165) is 39.0 Å². The van der Waals surface area contributed by atoms with Gasteiger partial charge in [-0.05, 0) is 147 Å². The maximum absolute atomic E-state index is 12.3. The molecule has 4 aromatic rings. The van der Waals surface area contributed by atoms with Gasteiger partial charge in [0.25, 0.3) is 11.8 Å². The van der Waals surface area contributed by atoms with E-state index >= 15 is 0 Å². The lowest BCUT2D eigenvalue weighted by atomic mass is 9.82. The van der Waals surface area contributed by atoms with Gasteiger partial charge in [0.05, 0.1) is 42.0 Å². The van der Waals surface area contributed by atoms with E-state index in [0.29, 0.717) is 51.8 Å². The number of carbonyl (C=O) groups excluding carboxylic acids is 4. The first kappa shape index (κ1) is 64.0. The molecule has 0 bridgehead atoms. The summed E-state index contributed by atoms with van der Waals surface area (Å²) in [5.41, 5.74) is 0.177. The molecule has 17 heteroatoms. The lowest BCUT2D eigenvalue weighted by Crippen LogP contribution is -2.41. The zero-order valence-corrected chi connectivity index (χ0v) is 48.3. The first-order valence-electron chi connectivity index (χ1n) is 25.4. The number of rotatable bonds is 16. The van der Waals surface area contributed by atoms with Gasteiger partial charge in [-0.2, -0.15) is 0 Å². The number of ketones is 2. The number of phenols is 1. The van der Waals surface area contributed by atoms with Crippen LogP contribution >= 0.6 is 15.9 Å². The Bertz CT molecular complexity index is 2560. The van der Waals surface area contributed by atoms with Crippen LogP contribution in [0.1, 0.15) is 158 Å². The summed E-state index contributed by atoms with van der Waals surface area (Å²) >= 11 is 3.27. The average molecular weight is 1120 g/mol. The molecule has 6 rings (SSSR count). The smallest absolute Gasteiger partial charge is 0.335 e. The number of phenolic OH excluding ortho intramolecular Hbond substituents is 1. The topological polar surface area (TPSA) is 216 Å². The fourth-order valence-corrected chi connectivity index (χ4v) is 6.80. The molecule has 2 atom stereocenters. The number of likely N-dealkylation sites (tertiary alicyclic amines) is 2. The van der Waals surface area contributed by atoms with E-state index in [1.165, 1.54) is 36.4 Å². The van der Waals surface area contributed by atoms with E-state index in [4.69, 9.17) is 33.9 Å². The molecule has 4 aromatic carbocycles. The molecule has 2 aliphatic rings. The number of benzene rings is 4. The van der Waals surface area contributed by atoms with Gasteiger partial charge in [0, 0.05) is 58.7 Å². The number of hydrogen-bond acceptors (Lipinski definition) is 12. The summed E-state index contributed by atoms with van der Waals surface area (Å²) in [5.74, 6) is -0.0343. The van der Waals surface area contributed by atoms with Gasteiger partial charge < -0.3 is 48.8 Å². The number of hydrogen-bond donors (Lipinski definition) is 3. The van der Waals surface area contributed by atoms with Gasteiger partial charge >= 0.3 is 11.9 Å². The summed E-state index contributed by atoms with van der Waals surface area (Å²) in [4.78, 5) is 72.9. The van der Waals surface area contributed by atoms with Crippen molar-refractivity contribution in [2.45, 2.75) is 140 Å². The third kappa shape index (κ3) is 23.3. The fraction of sp³-hybridized carbons (Fsp3) is 0.492. The number of amides is 2. The number of aromatic carboxylic acids is 2. The predicted molar refractivity (Wildman–Crippen MR) is 295 cm³/mol. The van der Waals surface area contributed by atoms with Crippen LogP contribution in [0.5, 0.6) is 28.7 Å². The van der Waals surface area contributed by atoms with Crippen molar-refractivity contribution >= 4 is 51.2 Å². The van der Waals surface area contributed by atoms with Gasteiger partial charge in [0.2, 0.25) is 0 Å². The molecule has 16 nitrogen and oxygen atoms in total. The Balaban J connectivity index is 0.000000288. The van der Waals surface area contributed by atoms with Crippen molar-refractivity contribution in [1.29, 1.82) is 0 Å². The largest absolute Gasteiger partial charge is 0.508 e. The SMILES string of the molecule is CC(C)(C)C(=O)CC(=O)C(C)(C)C.C[C@@H](COC(C)(C)C)Oc1cc(Br)cc(C(=O)O)c1.C[C@@H](COC(C)(C)C)Oc1cc(Oc2ccc(C(=O)N3CCC3)cc2)cc(C(=O)O)c1.O=C(c1ccc(O)cc1)N1CCC1. The standard InChI is InChI=1S/C24H29NO6.C14H19BrO4.C11H20O2.C10H11NO2/c1-16(15-29-24(2,3)4)30-20-12-18(23(27)28)13-21(14-20)31-19-8-6-17(7-9-19)22(26)25-10-5-11-25;1-9(8-18-14(2,3)4)19-12-6-10(13(16)17)5-11(15)7-12;1-10(2,3)8(12)7-9(13)11(4,5)6;12-9-4-2-8(3-5-9)10(13)11-6-1-7-11/h6-9,12-14,16H,5,10-11,15H2,1-4H3,(H,27,28);5-7,9H,8H2,1-4H3,(H,16,17);7H2,1-6H3;2-5,12H,1,6-7H2/t16-;9-;;/m00../s1. The number of carbonyl (C=O) groups is 6. The first-order chi connectivity index (χ1) is 35.1. The van der Waals surface area contributed by atoms with Crippen molar-refractivity contribution in [2.75, 3.05) is 39.4 Å². The molecular weight excluding hydrogens is 1040 g/mol. The van der Waals surface area contributed by atoms with Crippen LogP contribution in [0.3, 0.4) is 0 Å². The monoisotopic (exact) mass is 1120 g/mol. The Morgan fingerprint density at radius 1 is 0.513 bits per heavy atom. The molecular formula is C59H79BrN2O14. The van der Waals surface area contributed by atoms with Crippen molar-refractivity contribution in [1.82, 2.24) is 9.80 Å². The second-order valence-corrected chi connectivity index (χ2v) is 23.6. The number of ether oxygens (including phenoxy) is 5. The number of carboxylic acid groups (broad SMARTS) is 2. The van der Waals surface area contributed by atoms with Gasteiger partial charge in [-0.3, -0.25) is 19.2 Å². The minimum atomic E-state index is -1.08. The summed E-state index contributed by atoms with van der Waals surface area (Å²) in [6.07, 6.45) is 1.77. The third-order valence-electron chi connectivity index (χ3n) is 11.2. The Hall–Kier alpha value is -6.30. The first-order valence-corrected chi connectivity index (χ1v) is 26.1. The van der Waals surface area contributed by atoms with E-state index in [-0.39, 0.29) is 70.1 Å². The van der Waals surface area contributed by atoms with E-state index in [1.54, 1.807) is 58.3 Å². The highest BCUT2D eigenvalue weighted by atomic mass is 79.9. The lowest BCUT2D eigenvalue weighted by molar-refractivity contribution is -0.135. The third-order valence-corrected chi connectivity index (χ3v) is 11.6. The highest BCUT2D eigenvalue weighted by Gasteiger charge is 2.29. The minimum absolute atomic E-state index is 0.00724. The van der Waals surface area contributed by atoms with E-state index in [9.17, 15) is 33.9 Å². The number of halogens is 1. The second-order valence-electron chi connectivity index (χ2n) is 22.7. The number of nitrogens with zero attached hydrogens (tertiary/aromatic N) is 2. The fourth-order valence-electron chi connectivity index (χ4n) is 6.33. The predicted octanol–water partition coefficient (Wildman–Crippen LogP) is 12.2. The van der Waals surface area contributed by atoms with Crippen molar-refractivity contribution in [3.8, 4) is 28.7 Å². The van der Waals surface area contributed by atoms with Gasteiger partial charge in [0.15, 0.2) is 0 Å². The molecule has 2 fully saturated rings. The highest BCUT2D eigenvalue weighted by Crippen LogP contribution is 2.30. The zero-order chi connectivity index (χ0) is 57.3. The van der Waals surface area contributed by atoms with E-state index < -0.39 is 22.8 Å². The van der Waals surface area contributed by atoms with Gasteiger partial charge in [0.1, 0.15) is 52.5 Å². The Kier molecular flexibility index (Phi) is 23.7. The summed E-state index contributed by atoms with van der Waals surface area (Å²) in [5, 5.41) is 27.4.